The van der Waals surface area contributed by atoms with Crippen LogP contribution in [0.2, 0.25) is 0 Å². The predicted octanol–water partition coefficient (Wildman–Crippen LogP) is 4.99. The van der Waals surface area contributed by atoms with E-state index in [2.05, 4.69) is 59.6 Å². The molecule has 0 saturated heterocycles. The van der Waals surface area contributed by atoms with Crippen LogP contribution < -0.4 is 0 Å². The first-order chi connectivity index (χ1) is 11.4. The van der Waals surface area contributed by atoms with E-state index in [0.717, 1.165) is 27.7 Å². The van der Waals surface area contributed by atoms with Crippen molar-refractivity contribution in [3.8, 4) is 22.4 Å². The number of aromatic amines is 1. The van der Waals surface area contributed by atoms with Gasteiger partial charge in [0.25, 0.3) is 0 Å². The summed E-state index contributed by atoms with van der Waals surface area (Å²) in [5, 5.41) is 10.6. The van der Waals surface area contributed by atoms with Gasteiger partial charge in [0, 0.05) is 16.5 Å². The number of nitrogens with one attached hydrogen (secondary N) is 1. The molecule has 0 atom stereocenters. The van der Waals surface area contributed by atoms with Crippen molar-refractivity contribution < 1.29 is 5.11 Å². The summed E-state index contributed by atoms with van der Waals surface area (Å²) < 4.78 is 0. The zero-order valence-corrected chi connectivity index (χ0v) is 12.7. The Morgan fingerprint density at radius 2 is 1.39 bits per heavy atom. The summed E-state index contributed by atoms with van der Waals surface area (Å²) in [5.74, 6) is 0. The third-order valence-electron chi connectivity index (χ3n) is 4.17. The molecule has 2 N–H and O–H groups in total. The summed E-state index contributed by atoms with van der Waals surface area (Å²) in [6.07, 6.45) is 0. The first kappa shape index (κ1) is 13.8. The molecule has 4 aromatic rings. The van der Waals surface area contributed by atoms with E-state index in [0.29, 0.717) is 0 Å². The van der Waals surface area contributed by atoms with Crippen molar-refractivity contribution in [1.82, 2.24) is 4.98 Å². The van der Waals surface area contributed by atoms with Gasteiger partial charge in [-0.15, -0.1) is 0 Å². The molecule has 112 valence electrons. The van der Waals surface area contributed by atoms with Crippen LogP contribution >= 0.6 is 0 Å². The standard InChI is InChI=1S/C21H17NO/c23-14-15-11-12-19-18(13-15)20(16-7-3-1-4-8-16)21(22-19)17-9-5-2-6-10-17/h1-13,22-23H,14H2. The Morgan fingerprint density at radius 3 is 2.04 bits per heavy atom. The molecule has 0 fully saturated rings. The number of rotatable bonds is 3. The van der Waals surface area contributed by atoms with E-state index in [1.165, 1.54) is 11.1 Å². The van der Waals surface area contributed by atoms with Gasteiger partial charge in [0.1, 0.15) is 0 Å². The highest BCUT2D eigenvalue weighted by atomic mass is 16.3. The fourth-order valence-electron chi connectivity index (χ4n) is 3.06. The van der Waals surface area contributed by atoms with Crippen LogP contribution in [0.4, 0.5) is 0 Å². The second kappa shape index (κ2) is 5.75. The Hall–Kier alpha value is -2.84. The first-order valence-corrected chi connectivity index (χ1v) is 7.73. The van der Waals surface area contributed by atoms with Crippen molar-refractivity contribution in [2.45, 2.75) is 6.61 Å². The van der Waals surface area contributed by atoms with Crippen LogP contribution in [0.1, 0.15) is 5.56 Å². The van der Waals surface area contributed by atoms with E-state index in [4.69, 9.17) is 0 Å². The molecule has 0 aliphatic heterocycles. The lowest BCUT2D eigenvalue weighted by Crippen LogP contribution is -1.83. The van der Waals surface area contributed by atoms with Crippen LogP contribution in [0.15, 0.2) is 78.9 Å². The normalized spacial score (nSPS) is 11.0. The smallest absolute Gasteiger partial charge is 0.0682 e. The van der Waals surface area contributed by atoms with E-state index >= 15 is 0 Å². The second-order valence-electron chi connectivity index (χ2n) is 5.65. The van der Waals surface area contributed by atoms with Gasteiger partial charge < -0.3 is 10.1 Å². The highest BCUT2D eigenvalue weighted by Gasteiger charge is 2.15. The second-order valence-corrected chi connectivity index (χ2v) is 5.65. The van der Waals surface area contributed by atoms with Gasteiger partial charge in [0.05, 0.1) is 12.3 Å². The summed E-state index contributed by atoms with van der Waals surface area (Å²) >= 11 is 0. The Balaban J connectivity index is 2.06. The van der Waals surface area contributed by atoms with E-state index in [1.54, 1.807) is 0 Å². The number of fused-ring (bicyclic) bond motifs is 1. The molecular weight excluding hydrogens is 282 g/mol. The molecule has 2 nitrogen and oxygen atoms in total. The van der Waals surface area contributed by atoms with Crippen molar-refractivity contribution in [2.24, 2.45) is 0 Å². The summed E-state index contributed by atoms with van der Waals surface area (Å²) in [4.78, 5) is 3.55. The SMILES string of the molecule is OCc1ccc2[nH]c(-c3ccccc3)c(-c3ccccc3)c2c1. The molecule has 3 aromatic carbocycles. The number of H-pyrrole nitrogens is 1. The lowest BCUT2D eigenvalue weighted by atomic mass is 9.98. The quantitative estimate of drug-likeness (QED) is 0.549. The van der Waals surface area contributed by atoms with Crippen LogP contribution in [0, 0.1) is 0 Å². The molecule has 2 heteroatoms. The molecule has 1 heterocycles. The van der Waals surface area contributed by atoms with Gasteiger partial charge in [-0.25, -0.2) is 0 Å². The molecular formula is C21H17NO. The summed E-state index contributed by atoms with van der Waals surface area (Å²) in [7, 11) is 0. The molecule has 0 spiro atoms. The molecule has 0 bridgehead atoms. The molecule has 0 unspecified atom stereocenters. The van der Waals surface area contributed by atoms with Crippen molar-refractivity contribution in [3.05, 3.63) is 84.4 Å². The Labute approximate surface area is 135 Å². The van der Waals surface area contributed by atoms with E-state index in [-0.39, 0.29) is 6.61 Å². The van der Waals surface area contributed by atoms with Crippen LogP contribution in [-0.4, -0.2) is 10.1 Å². The number of hydrogen-bond donors (Lipinski definition) is 2. The average molecular weight is 299 g/mol. The topological polar surface area (TPSA) is 36.0 Å². The van der Waals surface area contributed by atoms with Crippen molar-refractivity contribution in [1.29, 1.82) is 0 Å². The molecule has 0 saturated carbocycles. The Bertz CT molecular complexity index is 940. The number of aliphatic hydroxyl groups excluding tert-OH is 1. The fourth-order valence-corrected chi connectivity index (χ4v) is 3.06. The zero-order chi connectivity index (χ0) is 15.6. The van der Waals surface area contributed by atoms with Gasteiger partial charge in [-0.3, -0.25) is 0 Å². The van der Waals surface area contributed by atoms with Crippen LogP contribution in [0.5, 0.6) is 0 Å². The predicted molar refractivity (Wildman–Crippen MR) is 95.1 cm³/mol. The van der Waals surface area contributed by atoms with E-state index in [1.807, 2.05) is 24.3 Å². The maximum Gasteiger partial charge on any atom is 0.0682 e. The maximum absolute atomic E-state index is 9.47. The zero-order valence-electron chi connectivity index (χ0n) is 12.7. The lowest BCUT2D eigenvalue weighted by Gasteiger charge is -2.06. The molecule has 4 rings (SSSR count). The Kier molecular flexibility index (Phi) is 3.45. The first-order valence-electron chi connectivity index (χ1n) is 7.73. The minimum absolute atomic E-state index is 0.0516. The highest BCUT2D eigenvalue weighted by molar-refractivity contribution is 6.04. The third-order valence-corrected chi connectivity index (χ3v) is 4.17. The Morgan fingerprint density at radius 1 is 0.739 bits per heavy atom. The number of hydrogen-bond acceptors (Lipinski definition) is 1. The van der Waals surface area contributed by atoms with Gasteiger partial charge in [0.2, 0.25) is 0 Å². The largest absolute Gasteiger partial charge is 0.392 e. The summed E-state index contributed by atoms with van der Waals surface area (Å²) in [6.45, 7) is 0.0516. The van der Waals surface area contributed by atoms with E-state index in [9.17, 15) is 5.11 Å². The molecule has 0 radical (unpaired) electrons. The molecule has 0 amide bonds. The monoisotopic (exact) mass is 299 g/mol. The van der Waals surface area contributed by atoms with Crippen LogP contribution in [0.25, 0.3) is 33.3 Å². The van der Waals surface area contributed by atoms with Gasteiger partial charge in [-0.1, -0.05) is 66.7 Å². The molecule has 0 aliphatic carbocycles. The average Bonchev–Trinajstić information content (AvgIpc) is 3.01. The highest BCUT2D eigenvalue weighted by Crippen LogP contribution is 2.38. The number of benzene rings is 3. The summed E-state index contributed by atoms with van der Waals surface area (Å²) in [5.41, 5.74) is 6.64. The van der Waals surface area contributed by atoms with Crippen molar-refractivity contribution >= 4 is 10.9 Å². The maximum atomic E-state index is 9.47. The molecule has 0 aliphatic rings. The van der Waals surface area contributed by atoms with Gasteiger partial charge in [-0.2, -0.15) is 0 Å². The van der Waals surface area contributed by atoms with Crippen molar-refractivity contribution in [2.75, 3.05) is 0 Å². The van der Waals surface area contributed by atoms with E-state index < -0.39 is 0 Å². The molecule has 1 aromatic heterocycles. The summed E-state index contributed by atoms with van der Waals surface area (Å²) in [6, 6.07) is 26.8. The number of aliphatic hydroxyl groups is 1. The van der Waals surface area contributed by atoms with Crippen molar-refractivity contribution in [3.63, 3.8) is 0 Å². The van der Waals surface area contributed by atoms with Gasteiger partial charge in [0.15, 0.2) is 0 Å². The van der Waals surface area contributed by atoms with Gasteiger partial charge in [-0.05, 0) is 28.8 Å². The van der Waals surface area contributed by atoms with Gasteiger partial charge >= 0.3 is 0 Å². The molecule has 23 heavy (non-hydrogen) atoms. The van der Waals surface area contributed by atoms with Crippen LogP contribution in [-0.2, 0) is 6.61 Å². The third kappa shape index (κ3) is 2.43. The minimum atomic E-state index is 0.0516. The lowest BCUT2D eigenvalue weighted by molar-refractivity contribution is 0.282. The number of aromatic nitrogens is 1. The van der Waals surface area contributed by atoms with Crippen LogP contribution in [0.3, 0.4) is 0 Å². The fraction of sp³-hybridized carbons (Fsp3) is 0.0476. The minimum Gasteiger partial charge on any atom is -0.392 e.